The monoisotopic (exact) mass is 472 g/mol. The van der Waals surface area contributed by atoms with Crippen molar-refractivity contribution in [1.82, 2.24) is 20.2 Å². The van der Waals surface area contributed by atoms with Gasteiger partial charge in [-0.05, 0) is 18.1 Å². The third-order valence-corrected chi connectivity index (χ3v) is 6.11. The van der Waals surface area contributed by atoms with Crippen molar-refractivity contribution in [2.45, 2.75) is 20.3 Å². The highest BCUT2D eigenvalue weighted by molar-refractivity contribution is 5.79. The van der Waals surface area contributed by atoms with Gasteiger partial charge in [0.15, 0.2) is 5.82 Å². The van der Waals surface area contributed by atoms with Crippen LogP contribution in [0, 0.1) is 6.92 Å². The van der Waals surface area contributed by atoms with Crippen LogP contribution in [0.3, 0.4) is 0 Å². The number of anilines is 2. The van der Waals surface area contributed by atoms with Crippen LogP contribution in [0.4, 0.5) is 11.6 Å². The highest BCUT2D eigenvalue weighted by Gasteiger charge is 2.23. The summed E-state index contributed by atoms with van der Waals surface area (Å²) >= 11 is 0. The van der Waals surface area contributed by atoms with E-state index in [9.17, 15) is 9.59 Å². The number of aryl methyl sites for hydroxylation is 1. The third kappa shape index (κ3) is 6.56. The summed E-state index contributed by atoms with van der Waals surface area (Å²) in [6.45, 7) is 7.33. The Labute approximate surface area is 206 Å². The summed E-state index contributed by atoms with van der Waals surface area (Å²) in [6, 6.07) is 19.9. The molecule has 2 aromatic carbocycles. The Morgan fingerprint density at radius 1 is 0.914 bits per heavy atom. The fraction of sp³-hybridized carbons (Fsp3) is 0.333. The topological polar surface area (TPSA) is 90.5 Å². The number of rotatable bonds is 8. The summed E-state index contributed by atoms with van der Waals surface area (Å²) in [7, 11) is 0. The summed E-state index contributed by atoms with van der Waals surface area (Å²) in [5.74, 6) is 2.27. The standard InChI is InChI=1S/C27H32N6O2/c1-20-8-6-7-11-23(20)18-26(35)33-16-14-32(15-17-33)25-19-24(29-13-12-28-21(2)34)30-27(31-25)22-9-4-3-5-10-22/h3-11,19H,12-18H2,1-2H3,(H,28,34)(H,29,30,31). The van der Waals surface area contributed by atoms with Gasteiger partial charge in [-0.3, -0.25) is 9.59 Å². The molecule has 1 saturated heterocycles. The molecule has 0 unspecified atom stereocenters. The first-order chi connectivity index (χ1) is 17.0. The van der Waals surface area contributed by atoms with Crippen molar-refractivity contribution in [3.63, 3.8) is 0 Å². The number of piperazine rings is 1. The second-order valence-electron chi connectivity index (χ2n) is 8.68. The lowest BCUT2D eigenvalue weighted by molar-refractivity contribution is -0.130. The van der Waals surface area contributed by atoms with E-state index in [2.05, 4.69) is 20.5 Å². The average Bonchev–Trinajstić information content (AvgIpc) is 2.88. The van der Waals surface area contributed by atoms with E-state index in [1.165, 1.54) is 6.92 Å². The number of nitrogens with zero attached hydrogens (tertiary/aromatic N) is 4. The van der Waals surface area contributed by atoms with Crippen LogP contribution in [0.25, 0.3) is 11.4 Å². The zero-order chi connectivity index (χ0) is 24.6. The SMILES string of the molecule is CC(=O)NCCNc1cc(N2CCN(C(=O)Cc3ccccc3C)CC2)nc(-c2ccccc2)n1. The van der Waals surface area contributed by atoms with Crippen LogP contribution in [0.2, 0.25) is 0 Å². The van der Waals surface area contributed by atoms with Gasteiger partial charge in [0, 0.05) is 57.8 Å². The van der Waals surface area contributed by atoms with E-state index in [0.717, 1.165) is 22.5 Å². The first kappa shape index (κ1) is 24.2. The number of aromatic nitrogens is 2. The number of amides is 2. The molecule has 1 aliphatic heterocycles. The van der Waals surface area contributed by atoms with E-state index in [4.69, 9.17) is 4.98 Å². The Hall–Kier alpha value is -3.94. The van der Waals surface area contributed by atoms with Crippen LogP contribution >= 0.6 is 0 Å². The Morgan fingerprint density at radius 3 is 2.34 bits per heavy atom. The van der Waals surface area contributed by atoms with Gasteiger partial charge < -0.3 is 20.4 Å². The van der Waals surface area contributed by atoms with E-state index in [1.54, 1.807) is 0 Å². The lowest BCUT2D eigenvalue weighted by Crippen LogP contribution is -2.49. The molecule has 0 aliphatic carbocycles. The van der Waals surface area contributed by atoms with Gasteiger partial charge in [-0.1, -0.05) is 54.6 Å². The molecule has 35 heavy (non-hydrogen) atoms. The first-order valence-electron chi connectivity index (χ1n) is 12.0. The minimum atomic E-state index is -0.0602. The zero-order valence-electron chi connectivity index (χ0n) is 20.3. The van der Waals surface area contributed by atoms with E-state index in [1.807, 2.05) is 72.5 Å². The molecule has 8 heteroatoms. The van der Waals surface area contributed by atoms with E-state index < -0.39 is 0 Å². The molecule has 2 N–H and O–H groups in total. The summed E-state index contributed by atoms with van der Waals surface area (Å²) < 4.78 is 0. The lowest BCUT2D eigenvalue weighted by Gasteiger charge is -2.35. The molecule has 0 saturated carbocycles. The predicted octanol–water partition coefficient (Wildman–Crippen LogP) is 2.89. The Balaban J connectivity index is 1.44. The molecule has 182 valence electrons. The predicted molar refractivity (Wildman–Crippen MR) is 138 cm³/mol. The van der Waals surface area contributed by atoms with Gasteiger partial charge in [0.25, 0.3) is 0 Å². The van der Waals surface area contributed by atoms with Crippen LogP contribution in [-0.4, -0.2) is 66.0 Å². The van der Waals surface area contributed by atoms with Gasteiger partial charge in [0.2, 0.25) is 11.8 Å². The fourth-order valence-electron chi connectivity index (χ4n) is 4.10. The number of carbonyl (C=O) groups is 2. The number of hydrogen-bond acceptors (Lipinski definition) is 6. The molecule has 0 atom stereocenters. The fourth-order valence-corrected chi connectivity index (χ4v) is 4.10. The molecule has 1 fully saturated rings. The quantitative estimate of drug-likeness (QED) is 0.490. The van der Waals surface area contributed by atoms with Crippen molar-refractivity contribution in [3.8, 4) is 11.4 Å². The lowest BCUT2D eigenvalue weighted by atomic mass is 10.1. The summed E-state index contributed by atoms with van der Waals surface area (Å²) in [5.41, 5.74) is 3.16. The second kappa shape index (κ2) is 11.5. The molecule has 4 rings (SSSR count). The van der Waals surface area contributed by atoms with Gasteiger partial charge in [0.05, 0.1) is 6.42 Å². The molecule has 8 nitrogen and oxygen atoms in total. The van der Waals surface area contributed by atoms with E-state index >= 15 is 0 Å². The van der Waals surface area contributed by atoms with Gasteiger partial charge >= 0.3 is 0 Å². The Bertz CT molecular complexity index is 1160. The molecule has 1 aliphatic rings. The molecular formula is C27H32N6O2. The number of hydrogen-bond donors (Lipinski definition) is 2. The van der Waals surface area contributed by atoms with Crippen LogP contribution in [-0.2, 0) is 16.0 Å². The van der Waals surface area contributed by atoms with Crippen molar-refractivity contribution in [2.75, 3.05) is 49.5 Å². The van der Waals surface area contributed by atoms with Crippen molar-refractivity contribution in [1.29, 1.82) is 0 Å². The summed E-state index contributed by atoms with van der Waals surface area (Å²) in [5, 5.41) is 6.08. The van der Waals surface area contributed by atoms with E-state index in [0.29, 0.717) is 57.3 Å². The van der Waals surface area contributed by atoms with Crippen molar-refractivity contribution in [2.24, 2.45) is 0 Å². The van der Waals surface area contributed by atoms with Crippen molar-refractivity contribution >= 4 is 23.5 Å². The van der Waals surface area contributed by atoms with Gasteiger partial charge in [-0.25, -0.2) is 9.97 Å². The van der Waals surface area contributed by atoms with Gasteiger partial charge in [0.1, 0.15) is 11.6 Å². The van der Waals surface area contributed by atoms with E-state index in [-0.39, 0.29) is 11.8 Å². The normalized spacial score (nSPS) is 13.4. The molecule has 3 aromatic rings. The molecular weight excluding hydrogens is 440 g/mol. The molecule has 2 heterocycles. The van der Waals surface area contributed by atoms with Crippen LogP contribution in [0.15, 0.2) is 60.7 Å². The zero-order valence-corrected chi connectivity index (χ0v) is 20.3. The molecule has 1 aromatic heterocycles. The number of carbonyl (C=O) groups excluding carboxylic acids is 2. The smallest absolute Gasteiger partial charge is 0.227 e. The van der Waals surface area contributed by atoms with Crippen LogP contribution in [0.1, 0.15) is 18.1 Å². The maximum absolute atomic E-state index is 12.9. The molecule has 0 radical (unpaired) electrons. The van der Waals surface area contributed by atoms with Crippen LogP contribution in [0.5, 0.6) is 0 Å². The Kier molecular flexibility index (Phi) is 7.92. The summed E-state index contributed by atoms with van der Waals surface area (Å²) in [4.78, 5) is 37.7. The van der Waals surface area contributed by atoms with Crippen molar-refractivity contribution < 1.29 is 9.59 Å². The third-order valence-electron chi connectivity index (χ3n) is 6.11. The van der Waals surface area contributed by atoms with Crippen LogP contribution < -0.4 is 15.5 Å². The van der Waals surface area contributed by atoms with Gasteiger partial charge in [-0.15, -0.1) is 0 Å². The molecule has 2 amide bonds. The molecule has 0 bridgehead atoms. The average molecular weight is 473 g/mol. The largest absolute Gasteiger partial charge is 0.368 e. The number of nitrogens with one attached hydrogen (secondary N) is 2. The van der Waals surface area contributed by atoms with Gasteiger partial charge in [-0.2, -0.15) is 0 Å². The highest BCUT2D eigenvalue weighted by atomic mass is 16.2. The molecule has 0 spiro atoms. The summed E-state index contributed by atoms with van der Waals surface area (Å²) in [6.07, 6.45) is 0.431. The minimum absolute atomic E-state index is 0.0602. The second-order valence-corrected chi connectivity index (χ2v) is 8.68. The Morgan fingerprint density at radius 2 is 1.63 bits per heavy atom. The maximum atomic E-state index is 12.9. The first-order valence-corrected chi connectivity index (χ1v) is 12.0. The van der Waals surface area contributed by atoms with Crippen molar-refractivity contribution in [3.05, 3.63) is 71.8 Å². The maximum Gasteiger partial charge on any atom is 0.227 e. The highest BCUT2D eigenvalue weighted by Crippen LogP contribution is 2.23. The minimum Gasteiger partial charge on any atom is -0.368 e. The number of benzene rings is 2.